The van der Waals surface area contributed by atoms with Gasteiger partial charge in [-0.25, -0.2) is 9.97 Å². The van der Waals surface area contributed by atoms with E-state index < -0.39 is 0 Å². The molecule has 0 aliphatic rings. The van der Waals surface area contributed by atoms with E-state index in [0.29, 0.717) is 21.7 Å². The lowest BCUT2D eigenvalue weighted by atomic mass is 10.2. The fourth-order valence-electron chi connectivity index (χ4n) is 3.25. The molecule has 31 heavy (non-hydrogen) atoms. The number of rotatable bonds is 7. The van der Waals surface area contributed by atoms with Gasteiger partial charge in [-0.15, -0.1) is 0 Å². The zero-order chi connectivity index (χ0) is 21.8. The maximum atomic E-state index is 13.2. The normalized spacial score (nSPS) is 11.5. The number of halogens is 2. The second-order valence-electron chi connectivity index (χ2n) is 7.06. The summed E-state index contributed by atoms with van der Waals surface area (Å²) in [6, 6.07) is 11.2. The van der Waals surface area contributed by atoms with Crippen molar-refractivity contribution in [1.82, 2.24) is 14.5 Å². The molecule has 2 aromatic heterocycles. The zero-order valence-corrected chi connectivity index (χ0v) is 19.2. The predicted octanol–water partition coefficient (Wildman–Crippen LogP) is 6.24. The number of aromatic nitrogens is 3. The molecule has 4 aromatic rings. The van der Waals surface area contributed by atoms with Gasteiger partial charge in [0.15, 0.2) is 5.13 Å². The van der Waals surface area contributed by atoms with Gasteiger partial charge in [-0.05, 0) is 48.7 Å². The first-order valence-corrected chi connectivity index (χ1v) is 11.3. The Morgan fingerprint density at radius 1 is 1.26 bits per heavy atom. The van der Waals surface area contributed by atoms with Crippen LogP contribution in [0.4, 0.5) is 5.13 Å². The van der Waals surface area contributed by atoms with Crippen molar-refractivity contribution in [3.05, 3.63) is 82.4 Å². The van der Waals surface area contributed by atoms with Gasteiger partial charge in [-0.3, -0.25) is 9.69 Å². The van der Waals surface area contributed by atoms with Crippen LogP contribution >= 0.6 is 34.5 Å². The molecule has 0 aliphatic carbocycles. The molecule has 0 spiro atoms. The number of amides is 1. The molecule has 4 rings (SSSR count). The summed E-state index contributed by atoms with van der Waals surface area (Å²) in [5, 5.41) is 1.92. The summed E-state index contributed by atoms with van der Waals surface area (Å²) in [4.78, 5) is 23.7. The number of aryl methyl sites for hydroxylation is 2. The molecule has 2 heterocycles. The van der Waals surface area contributed by atoms with Gasteiger partial charge in [0, 0.05) is 41.6 Å². The monoisotopic (exact) mass is 470 g/mol. The van der Waals surface area contributed by atoms with E-state index in [1.165, 1.54) is 11.3 Å². The van der Waals surface area contributed by atoms with Gasteiger partial charge in [0.05, 0.1) is 16.5 Å². The topological polar surface area (TPSA) is 51.0 Å². The number of nitrogens with zero attached hydrogens (tertiary/aromatic N) is 4. The zero-order valence-electron chi connectivity index (χ0n) is 16.8. The van der Waals surface area contributed by atoms with Crippen LogP contribution in [0.1, 0.15) is 17.5 Å². The first-order chi connectivity index (χ1) is 15.0. The van der Waals surface area contributed by atoms with Gasteiger partial charge in [0.1, 0.15) is 0 Å². The van der Waals surface area contributed by atoms with Crippen molar-refractivity contribution in [2.24, 2.45) is 0 Å². The van der Waals surface area contributed by atoms with Gasteiger partial charge in [-0.2, -0.15) is 0 Å². The van der Waals surface area contributed by atoms with Crippen molar-refractivity contribution in [3.8, 4) is 0 Å². The Labute approximate surface area is 194 Å². The van der Waals surface area contributed by atoms with E-state index in [-0.39, 0.29) is 5.91 Å². The first-order valence-electron chi connectivity index (χ1n) is 9.78. The van der Waals surface area contributed by atoms with E-state index in [1.54, 1.807) is 35.6 Å². The largest absolute Gasteiger partial charge is 0.337 e. The summed E-state index contributed by atoms with van der Waals surface area (Å²) >= 11 is 13.9. The highest BCUT2D eigenvalue weighted by molar-refractivity contribution is 7.22. The van der Waals surface area contributed by atoms with E-state index in [4.69, 9.17) is 28.2 Å². The highest BCUT2D eigenvalue weighted by Gasteiger charge is 2.19. The quantitative estimate of drug-likeness (QED) is 0.300. The molecule has 0 aliphatic heterocycles. The van der Waals surface area contributed by atoms with Gasteiger partial charge >= 0.3 is 0 Å². The number of thiazole rings is 1. The van der Waals surface area contributed by atoms with Crippen LogP contribution in [0.25, 0.3) is 16.3 Å². The first kappa shape index (κ1) is 21.6. The fraction of sp³-hybridized carbons (Fsp3) is 0.174. The number of carbonyl (C=O) groups is 1. The van der Waals surface area contributed by atoms with Crippen LogP contribution in [0.15, 0.2) is 61.2 Å². The van der Waals surface area contributed by atoms with E-state index in [2.05, 4.69) is 4.98 Å². The summed E-state index contributed by atoms with van der Waals surface area (Å²) in [5.74, 6) is -0.145. The minimum atomic E-state index is -0.145. The summed E-state index contributed by atoms with van der Waals surface area (Å²) in [6.45, 7) is 3.25. The molecule has 0 atom stereocenters. The average Bonchev–Trinajstić information content (AvgIpc) is 3.40. The number of fused-ring (bicyclic) bond motifs is 1. The number of anilines is 1. The van der Waals surface area contributed by atoms with Crippen LogP contribution in [0, 0.1) is 6.92 Å². The lowest BCUT2D eigenvalue weighted by Gasteiger charge is -2.18. The van der Waals surface area contributed by atoms with Crippen LogP contribution in [0.2, 0.25) is 10.0 Å². The molecule has 1 amide bonds. The molecule has 0 bridgehead atoms. The Kier molecular flexibility index (Phi) is 6.70. The minimum absolute atomic E-state index is 0.145. The molecule has 158 valence electrons. The molecule has 0 radical (unpaired) electrons. The Bertz CT molecular complexity index is 1230. The number of imidazole rings is 1. The van der Waals surface area contributed by atoms with Crippen molar-refractivity contribution in [2.45, 2.75) is 19.9 Å². The third kappa shape index (κ3) is 5.15. The molecule has 2 aromatic carbocycles. The standard InChI is InChI=1S/C23H20Cl2N4OS/c1-16-13-18(24)14-20-22(16)27-23(31-20)29(11-4-10-28-12-9-26-15-28)21(30)8-7-17-5-2-3-6-19(17)25/h2-3,5-9,12-15H,4,10-11H2,1H3/b8-7+. The van der Waals surface area contributed by atoms with Crippen LogP contribution in [0.5, 0.6) is 0 Å². The van der Waals surface area contributed by atoms with E-state index in [0.717, 1.165) is 34.3 Å². The van der Waals surface area contributed by atoms with Crippen LogP contribution in [-0.4, -0.2) is 27.0 Å². The SMILES string of the molecule is Cc1cc(Cl)cc2sc(N(CCCn3ccnc3)C(=O)/C=C/c3ccccc3Cl)nc12. The number of benzene rings is 2. The number of hydrogen-bond acceptors (Lipinski definition) is 4. The Morgan fingerprint density at radius 2 is 2.10 bits per heavy atom. The highest BCUT2D eigenvalue weighted by Crippen LogP contribution is 2.33. The van der Waals surface area contributed by atoms with E-state index in [1.807, 2.05) is 48.0 Å². The van der Waals surface area contributed by atoms with Crippen molar-refractivity contribution in [2.75, 3.05) is 11.4 Å². The summed E-state index contributed by atoms with van der Waals surface area (Å²) in [7, 11) is 0. The van der Waals surface area contributed by atoms with E-state index >= 15 is 0 Å². The number of carbonyl (C=O) groups excluding carboxylic acids is 1. The third-order valence-corrected chi connectivity index (χ3v) is 6.39. The lowest BCUT2D eigenvalue weighted by molar-refractivity contribution is -0.114. The molecule has 0 saturated carbocycles. The average molecular weight is 471 g/mol. The molecular formula is C23H20Cl2N4OS. The van der Waals surface area contributed by atoms with Gasteiger partial charge in [0.25, 0.3) is 5.91 Å². The smallest absolute Gasteiger partial charge is 0.252 e. The lowest BCUT2D eigenvalue weighted by Crippen LogP contribution is -2.30. The third-order valence-electron chi connectivity index (χ3n) is 4.80. The fourth-order valence-corrected chi connectivity index (χ4v) is 4.90. The second kappa shape index (κ2) is 9.64. The minimum Gasteiger partial charge on any atom is -0.337 e. The van der Waals surface area contributed by atoms with Gasteiger partial charge < -0.3 is 4.57 Å². The molecule has 8 heteroatoms. The Hall–Kier alpha value is -2.67. The maximum absolute atomic E-state index is 13.2. The van der Waals surface area contributed by atoms with Crippen molar-refractivity contribution in [3.63, 3.8) is 0 Å². The highest BCUT2D eigenvalue weighted by atomic mass is 35.5. The van der Waals surface area contributed by atoms with Crippen LogP contribution < -0.4 is 4.90 Å². The van der Waals surface area contributed by atoms with Crippen molar-refractivity contribution < 1.29 is 4.79 Å². The summed E-state index contributed by atoms with van der Waals surface area (Å²) in [5.41, 5.74) is 2.65. The van der Waals surface area contributed by atoms with E-state index in [9.17, 15) is 4.79 Å². The number of hydrogen-bond donors (Lipinski definition) is 0. The van der Waals surface area contributed by atoms with Crippen molar-refractivity contribution >= 4 is 61.9 Å². The van der Waals surface area contributed by atoms with Gasteiger partial charge in [0.2, 0.25) is 0 Å². The molecule has 0 N–H and O–H groups in total. The predicted molar refractivity (Wildman–Crippen MR) is 129 cm³/mol. The summed E-state index contributed by atoms with van der Waals surface area (Å²) in [6.07, 6.45) is 9.47. The summed E-state index contributed by atoms with van der Waals surface area (Å²) < 4.78 is 2.95. The molecule has 5 nitrogen and oxygen atoms in total. The van der Waals surface area contributed by atoms with Crippen molar-refractivity contribution in [1.29, 1.82) is 0 Å². The molecule has 0 fully saturated rings. The molecule has 0 unspecified atom stereocenters. The maximum Gasteiger partial charge on any atom is 0.252 e. The van der Waals surface area contributed by atoms with Gasteiger partial charge in [-0.1, -0.05) is 52.7 Å². The molecule has 0 saturated heterocycles. The van der Waals surface area contributed by atoms with Crippen LogP contribution in [-0.2, 0) is 11.3 Å². The Balaban J connectivity index is 1.61. The van der Waals surface area contributed by atoms with Crippen LogP contribution in [0.3, 0.4) is 0 Å². The Morgan fingerprint density at radius 3 is 2.87 bits per heavy atom. The second-order valence-corrected chi connectivity index (χ2v) is 8.92. The molecular weight excluding hydrogens is 451 g/mol.